The van der Waals surface area contributed by atoms with Gasteiger partial charge < -0.3 is 5.11 Å². The molecule has 0 saturated carbocycles. The maximum Gasteiger partial charge on any atom is 0.145 e. The van der Waals surface area contributed by atoms with Crippen LogP contribution in [-0.4, -0.2) is 16.7 Å². The lowest BCUT2D eigenvalue weighted by atomic mass is 10.3. The van der Waals surface area contributed by atoms with Crippen molar-refractivity contribution >= 4 is 22.6 Å². The lowest BCUT2D eigenvalue weighted by Crippen LogP contribution is -1.98. The van der Waals surface area contributed by atoms with Gasteiger partial charge in [0.2, 0.25) is 0 Å². The minimum absolute atomic E-state index is 0.0650. The molecule has 0 unspecified atom stereocenters. The van der Waals surface area contributed by atoms with Gasteiger partial charge in [-0.1, -0.05) is 0 Å². The van der Waals surface area contributed by atoms with Crippen molar-refractivity contribution < 1.29 is 9.50 Å². The zero-order chi connectivity index (χ0) is 8.27. The predicted molar refractivity (Wildman–Crippen MR) is 47.7 cm³/mol. The van der Waals surface area contributed by atoms with Crippen molar-refractivity contribution in [1.29, 1.82) is 0 Å². The molecule has 1 aromatic heterocycles. The summed E-state index contributed by atoms with van der Waals surface area (Å²) in [5.74, 6) is -0.342. The van der Waals surface area contributed by atoms with E-state index in [9.17, 15) is 4.39 Å². The molecule has 1 heterocycles. The number of aliphatic hydroxyl groups is 1. The Hall–Kier alpha value is -0.230. The van der Waals surface area contributed by atoms with E-state index < -0.39 is 0 Å². The Morgan fingerprint density at radius 2 is 2.36 bits per heavy atom. The lowest BCUT2D eigenvalue weighted by Gasteiger charge is -1.98. The van der Waals surface area contributed by atoms with E-state index >= 15 is 0 Å². The van der Waals surface area contributed by atoms with Gasteiger partial charge in [0, 0.05) is 22.8 Å². The van der Waals surface area contributed by atoms with Crippen LogP contribution in [0.2, 0.25) is 0 Å². The normalized spacial score (nSPS) is 10.1. The van der Waals surface area contributed by atoms with E-state index in [2.05, 4.69) is 4.98 Å². The van der Waals surface area contributed by atoms with E-state index in [0.717, 1.165) is 3.57 Å². The van der Waals surface area contributed by atoms with Crippen LogP contribution in [0.5, 0.6) is 0 Å². The summed E-state index contributed by atoms with van der Waals surface area (Å²) in [6, 6.07) is 1.40. The molecule has 11 heavy (non-hydrogen) atoms. The maximum absolute atomic E-state index is 12.9. The fourth-order valence-corrected chi connectivity index (χ4v) is 1.15. The van der Waals surface area contributed by atoms with Gasteiger partial charge in [0.25, 0.3) is 0 Å². The highest BCUT2D eigenvalue weighted by molar-refractivity contribution is 14.1. The topological polar surface area (TPSA) is 33.1 Å². The smallest absolute Gasteiger partial charge is 0.145 e. The molecule has 0 radical (unpaired) electrons. The van der Waals surface area contributed by atoms with Gasteiger partial charge in [-0.25, -0.2) is 4.39 Å². The first-order chi connectivity index (χ1) is 5.24. The van der Waals surface area contributed by atoms with Gasteiger partial charge in [0.05, 0.1) is 5.69 Å². The van der Waals surface area contributed by atoms with E-state index in [0.29, 0.717) is 5.69 Å². The Bertz CT molecular complexity index is 254. The average molecular weight is 267 g/mol. The Kier molecular flexibility index (Phi) is 3.19. The summed E-state index contributed by atoms with van der Waals surface area (Å²) in [6.45, 7) is -0.0650. The zero-order valence-electron chi connectivity index (χ0n) is 5.72. The fraction of sp³-hybridized carbons (Fsp3) is 0.286. The molecule has 1 aromatic rings. The SMILES string of the molecule is OCCc1ncc(I)cc1F. The van der Waals surface area contributed by atoms with Crippen LogP contribution in [0.25, 0.3) is 0 Å². The van der Waals surface area contributed by atoms with Gasteiger partial charge in [-0.05, 0) is 28.7 Å². The van der Waals surface area contributed by atoms with Gasteiger partial charge in [-0.3, -0.25) is 4.98 Å². The van der Waals surface area contributed by atoms with Crippen molar-refractivity contribution in [3.8, 4) is 0 Å². The van der Waals surface area contributed by atoms with Crippen molar-refractivity contribution in [2.45, 2.75) is 6.42 Å². The molecule has 0 aliphatic carbocycles. The highest BCUT2D eigenvalue weighted by atomic mass is 127. The second-order valence-corrected chi connectivity index (χ2v) is 3.30. The molecule has 0 aliphatic rings. The molecule has 0 atom stereocenters. The van der Waals surface area contributed by atoms with Crippen LogP contribution < -0.4 is 0 Å². The van der Waals surface area contributed by atoms with E-state index in [1.807, 2.05) is 22.6 Å². The number of halogens is 2. The quantitative estimate of drug-likeness (QED) is 0.821. The van der Waals surface area contributed by atoms with Crippen molar-refractivity contribution in [3.63, 3.8) is 0 Å². The van der Waals surface area contributed by atoms with Gasteiger partial charge in [0.1, 0.15) is 5.82 Å². The molecule has 0 fully saturated rings. The third-order valence-corrected chi connectivity index (χ3v) is 1.82. The number of hydrogen-bond donors (Lipinski definition) is 1. The van der Waals surface area contributed by atoms with Gasteiger partial charge in [-0.15, -0.1) is 0 Å². The maximum atomic E-state index is 12.9. The Morgan fingerprint density at radius 1 is 1.64 bits per heavy atom. The summed E-state index contributed by atoms with van der Waals surface area (Å²) >= 11 is 1.99. The summed E-state index contributed by atoms with van der Waals surface area (Å²) in [4.78, 5) is 3.83. The van der Waals surface area contributed by atoms with Gasteiger partial charge >= 0.3 is 0 Å². The van der Waals surface area contributed by atoms with E-state index in [-0.39, 0.29) is 18.8 Å². The van der Waals surface area contributed by atoms with E-state index in [4.69, 9.17) is 5.11 Å². The minimum Gasteiger partial charge on any atom is -0.396 e. The van der Waals surface area contributed by atoms with Crippen molar-refractivity contribution in [2.24, 2.45) is 0 Å². The standard InChI is InChI=1S/C7H7FINO/c8-6-3-5(9)4-10-7(6)1-2-11/h3-4,11H,1-2H2. The van der Waals surface area contributed by atoms with Crippen LogP contribution in [0.3, 0.4) is 0 Å². The molecule has 0 saturated heterocycles. The van der Waals surface area contributed by atoms with Crippen LogP contribution >= 0.6 is 22.6 Å². The third-order valence-electron chi connectivity index (χ3n) is 1.23. The highest BCUT2D eigenvalue weighted by Gasteiger charge is 2.02. The Balaban J connectivity index is 2.90. The van der Waals surface area contributed by atoms with Crippen LogP contribution in [-0.2, 0) is 6.42 Å². The summed E-state index contributed by atoms with van der Waals surface area (Å²) < 4.78 is 13.6. The Morgan fingerprint density at radius 3 is 2.91 bits per heavy atom. The number of hydrogen-bond acceptors (Lipinski definition) is 2. The lowest BCUT2D eigenvalue weighted by molar-refractivity contribution is 0.296. The zero-order valence-corrected chi connectivity index (χ0v) is 7.88. The number of rotatable bonds is 2. The molecule has 1 N–H and O–H groups in total. The first-order valence-electron chi connectivity index (χ1n) is 3.15. The van der Waals surface area contributed by atoms with Crippen LogP contribution in [0, 0.1) is 9.39 Å². The molecule has 0 amide bonds. The summed E-state index contributed by atoms with van der Waals surface area (Å²) in [5, 5.41) is 8.50. The first kappa shape index (κ1) is 8.86. The van der Waals surface area contributed by atoms with Crippen molar-refractivity contribution in [2.75, 3.05) is 6.61 Å². The highest BCUT2D eigenvalue weighted by Crippen LogP contribution is 2.08. The van der Waals surface area contributed by atoms with Crippen molar-refractivity contribution in [1.82, 2.24) is 4.98 Å². The molecule has 1 rings (SSSR count). The van der Waals surface area contributed by atoms with Crippen LogP contribution in [0.4, 0.5) is 4.39 Å². The van der Waals surface area contributed by atoms with Crippen LogP contribution in [0.15, 0.2) is 12.3 Å². The largest absolute Gasteiger partial charge is 0.396 e. The van der Waals surface area contributed by atoms with E-state index in [1.165, 1.54) is 6.07 Å². The molecule has 4 heteroatoms. The van der Waals surface area contributed by atoms with Gasteiger partial charge in [0.15, 0.2) is 0 Å². The molecule has 2 nitrogen and oxygen atoms in total. The van der Waals surface area contributed by atoms with Crippen LogP contribution in [0.1, 0.15) is 5.69 Å². The monoisotopic (exact) mass is 267 g/mol. The van der Waals surface area contributed by atoms with Crippen molar-refractivity contribution in [3.05, 3.63) is 27.3 Å². The first-order valence-corrected chi connectivity index (χ1v) is 4.22. The number of pyridine rings is 1. The summed E-state index contributed by atoms with van der Waals surface area (Å²) in [6.07, 6.45) is 1.86. The Labute approximate surface area is 77.6 Å². The molecule has 60 valence electrons. The number of aromatic nitrogens is 1. The number of aliphatic hydroxyl groups excluding tert-OH is 1. The van der Waals surface area contributed by atoms with E-state index in [1.54, 1.807) is 6.20 Å². The summed E-state index contributed by atoms with van der Waals surface area (Å²) in [7, 11) is 0. The molecular weight excluding hydrogens is 260 g/mol. The predicted octanol–water partition coefficient (Wildman–Crippen LogP) is 1.36. The molecule has 0 aliphatic heterocycles. The molecule has 0 bridgehead atoms. The molecule has 0 spiro atoms. The third kappa shape index (κ3) is 2.37. The second-order valence-electron chi connectivity index (χ2n) is 2.06. The molecular formula is C7H7FINO. The second kappa shape index (κ2) is 3.96. The van der Waals surface area contributed by atoms with Gasteiger partial charge in [-0.2, -0.15) is 0 Å². The minimum atomic E-state index is -0.342. The average Bonchev–Trinajstić information content (AvgIpc) is 1.95. The molecule has 0 aromatic carbocycles. The summed E-state index contributed by atoms with van der Waals surface area (Å²) in [5.41, 5.74) is 0.327. The fourth-order valence-electron chi connectivity index (χ4n) is 0.733. The number of nitrogens with zero attached hydrogens (tertiary/aromatic N) is 1.